The fourth-order valence-corrected chi connectivity index (χ4v) is 2.08. The Balaban J connectivity index is 2.73. The van der Waals surface area contributed by atoms with Crippen LogP contribution in [0.2, 0.25) is 5.02 Å². The van der Waals surface area contributed by atoms with Crippen molar-refractivity contribution in [3.8, 4) is 11.1 Å². The van der Waals surface area contributed by atoms with Gasteiger partial charge in [0.25, 0.3) is 0 Å². The van der Waals surface area contributed by atoms with Crippen molar-refractivity contribution in [2.75, 3.05) is 0 Å². The quantitative estimate of drug-likeness (QED) is 0.634. The molecule has 0 spiro atoms. The molecule has 2 aromatic carbocycles. The molecule has 0 fully saturated rings. The molecular weight excluding hydrogens is 316 g/mol. The Morgan fingerprint density at radius 3 is 2.29 bits per heavy atom. The van der Waals surface area contributed by atoms with E-state index in [1.165, 1.54) is 12.1 Å². The minimum Gasteiger partial charge on any atom is -0.206 e. The van der Waals surface area contributed by atoms with Crippen LogP contribution in [0.3, 0.4) is 0 Å². The Morgan fingerprint density at radius 1 is 0.941 bits per heavy atom. The van der Waals surface area contributed by atoms with Crippen LogP contribution in [-0.2, 0) is 0 Å². The fourth-order valence-electron chi connectivity index (χ4n) is 1.47. The molecular formula is C12H5BrClF3. The second-order valence-corrected chi connectivity index (χ2v) is 4.60. The van der Waals surface area contributed by atoms with Gasteiger partial charge in [0, 0.05) is 17.2 Å². The minimum atomic E-state index is -0.863. The summed E-state index contributed by atoms with van der Waals surface area (Å²) in [4.78, 5) is 0. The van der Waals surface area contributed by atoms with E-state index in [0.717, 1.165) is 12.1 Å². The predicted molar refractivity (Wildman–Crippen MR) is 64.5 cm³/mol. The highest BCUT2D eigenvalue weighted by Gasteiger charge is 2.16. The molecule has 0 nitrogen and oxygen atoms in total. The molecule has 0 bridgehead atoms. The molecule has 2 rings (SSSR count). The Morgan fingerprint density at radius 2 is 1.65 bits per heavy atom. The lowest BCUT2D eigenvalue weighted by molar-refractivity contribution is 0.578. The van der Waals surface area contributed by atoms with Crippen LogP contribution in [0.4, 0.5) is 13.2 Å². The van der Waals surface area contributed by atoms with Gasteiger partial charge < -0.3 is 0 Å². The molecule has 0 aliphatic heterocycles. The van der Waals surface area contributed by atoms with Gasteiger partial charge in [-0.25, -0.2) is 13.2 Å². The summed E-state index contributed by atoms with van der Waals surface area (Å²) >= 11 is 8.73. The van der Waals surface area contributed by atoms with E-state index < -0.39 is 17.5 Å². The van der Waals surface area contributed by atoms with Crippen molar-refractivity contribution in [2.24, 2.45) is 0 Å². The van der Waals surface area contributed by atoms with E-state index in [9.17, 15) is 13.2 Å². The summed E-state index contributed by atoms with van der Waals surface area (Å²) in [5.74, 6) is -2.27. The largest absolute Gasteiger partial charge is 0.206 e. The molecule has 0 amide bonds. The van der Waals surface area contributed by atoms with Gasteiger partial charge in [0.05, 0.1) is 9.50 Å². The standard InChI is InChI=1S/C12H5BrClF3/c13-7-4-6(10(16)5-11(7)17)12-8(14)2-1-3-9(12)15/h1-5H. The average Bonchev–Trinajstić information content (AvgIpc) is 2.25. The first-order valence-corrected chi connectivity index (χ1v) is 5.76. The zero-order chi connectivity index (χ0) is 12.6. The van der Waals surface area contributed by atoms with Gasteiger partial charge in [0.15, 0.2) is 0 Å². The molecule has 0 aliphatic carbocycles. The third kappa shape index (κ3) is 2.33. The van der Waals surface area contributed by atoms with Crippen molar-refractivity contribution >= 4 is 27.5 Å². The summed E-state index contributed by atoms with van der Waals surface area (Å²) in [7, 11) is 0. The van der Waals surface area contributed by atoms with Crippen LogP contribution < -0.4 is 0 Å². The average molecular weight is 322 g/mol. The zero-order valence-corrected chi connectivity index (χ0v) is 10.6. The number of rotatable bonds is 1. The Kier molecular flexibility index (Phi) is 3.45. The van der Waals surface area contributed by atoms with Crippen molar-refractivity contribution in [1.82, 2.24) is 0 Å². The highest BCUT2D eigenvalue weighted by atomic mass is 79.9. The summed E-state index contributed by atoms with van der Waals surface area (Å²) in [6.07, 6.45) is 0. The van der Waals surface area contributed by atoms with Crippen molar-refractivity contribution < 1.29 is 13.2 Å². The lowest BCUT2D eigenvalue weighted by Crippen LogP contribution is -1.92. The van der Waals surface area contributed by atoms with E-state index in [4.69, 9.17) is 11.6 Å². The molecule has 0 heterocycles. The summed E-state index contributed by atoms with van der Waals surface area (Å²) < 4.78 is 40.3. The Bertz CT molecular complexity index is 564. The molecule has 0 unspecified atom stereocenters. The van der Waals surface area contributed by atoms with E-state index >= 15 is 0 Å². The smallest absolute Gasteiger partial charge is 0.140 e. The van der Waals surface area contributed by atoms with Crippen LogP contribution in [0, 0.1) is 17.5 Å². The number of hydrogen-bond acceptors (Lipinski definition) is 0. The summed E-state index contributed by atoms with van der Waals surface area (Å²) in [6, 6.07) is 5.86. The lowest BCUT2D eigenvalue weighted by atomic mass is 10.0. The van der Waals surface area contributed by atoms with Crippen LogP contribution in [0.5, 0.6) is 0 Å². The van der Waals surface area contributed by atoms with Crippen molar-refractivity contribution in [3.63, 3.8) is 0 Å². The van der Waals surface area contributed by atoms with Gasteiger partial charge in [-0.1, -0.05) is 17.7 Å². The Labute approximate surface area is 109 Å². The molecule has 88 valence electrons. The number of halogens is 5. The monoisotopic (exact) mass is 320 g/mol. The molecule has 5 heteroatoms. The fraction of sp³-hybridized carbons (Fsp3) is 0. The maximum atomic E-state index is 13.6. The van der Waals surface area contributed by atoms with Gasteiger partial charge in [-0.2, -0.15) is 0 Å². The Hall–Kier alpha value is -1.000. The van der Waals surface area contributed by atoms with Crippen LogP contribution in [-0.4, -0.2) is 0 Å². The first-order valence-electron chi connectivity index (χ1n) is 4.59. The maximum Gasteiger partial charge on any atom is 0.140 e. The highest BCUT2D eigenvalue weighted by molar-refractivity contribution is 9.10. The number of hydrogen-bond donors (Lipinski definition) is 0. The van der Waals surface area contributed by atoms with E-state index in [1.54, 1.807) is 0 Å². The minimum absolute atomic E-state index is 0.0493. The third-order valence-corrected chi connectivity index (χ3v) is 3.16. The summed E-state index contributed by atoms with van der Waals surface area (Å²) in [5, 5.41) is 0.0717. The first-order chi connectivity index (χ1) is 8.00. The van der Waals surface area contributed by atoms with Crippen LogP contribution in [0.25, 0.3) is 11.1 Å². The van der Waals surface area contributed by atoms with Gasteiger partial charge in [0.1, 0.15) is 17.5 Å². The molecule has 0 aromatic heterocycles. The predicted octanol–water partition coefficient (Wildman–Crippen LogP) is 5.19. The molecule has 0 aliphatic rings. The van der Waals surface area contributed by atoms with Crippen molar-refractivity contribution in [2.45, 2.75) is 0 Å². The van der Waals surface area contributed by atoms with Crippen LogP contribution in [0.1, 0.15) is 0 Å². The molecule has 0 saturated heterocycles. The van der Waals surface area contributed by atoms with Gasteiger partial charge in [0.2, 0.25) is 0 Å². The van der Waals surface area contributed by atoms with Crippen molar-refractivity contribution in [3.05, 3.63) is 57.3 Å². The van der Waals surface area contributed by atoms with E-state index in [1.807, 2.05) is 0 Å². The van der Waals surface area contributed by atoms with Crippen LogP contribution in [0.15, 0.2) is 34.8 Å². The summed E-state index contributed by atoms with van der Waals surface area (Å²) in [5.41, 5.74) is -0.159. The van der Waals surface area contributed by atoms with Crippen molar-refractivity contribution in [1.29, 1.82) is 0 Å². The maximum absolute atomic E-state index is 13.6. The van der Waals surface area contributed by atoms with Gasteiger partial charge >= 0.3 is 0 Å². The first kappa shape index (κ1) is 12.5. The summed E-state index contributed by atoms with van der Waals surface area (Å²) in [6.45, 7) is 0. The zero-order valence-electron chi connectivity index (χ0n) is 8.28. The van der Waals surface area contributed by atoms with E-state index in [-0.39, 0.29) is 20.6 Å². The SMILES string of the molecule is Fc1cc(F)c(-c2c(F)cccc2Cl)cc1Br. The van der Waals surface area contributed by atoms with Crippen LogP contribution >= 0.6 is 27.5 Å². The molecule has 0 N–H and O–H groups in total. The van der Waals surface area contributed by atoms with Gasteiger partial charge in [-0.3, -0.25) is 0 Å². The number of benzene rings is 2. The van der Waals surface area contributed by atoms with Gasteiger partial charge in [-0.15, -0.1) is 0 Å². The lowest BCUT2D eigenvalue weighted by Gasteiger charge is -2.08. The molecule has 0 atom stereocenters. The van der Waals surface area contributed by atoms with Gasteiger partial charge in [-0.05, 0) is 34.1 Å². The molecule has 2 aromatic rings. The van der Waals surface area contributed by atoms with E-state index in [2.05, 4.69) is 15.9 Å². The van der Waals surface area contributed by atoms with E-state index in [0.29, 0.717) is 6.07 Å². The molecule has 0 saturated carbocycles. The third-order valence-electron chi connectivity index (χ3n) is 2.24. The topological polar surface area (TPSA) is 0 Å². The molecule has 17 heavy (non-hydrogen) atoms. The second kappa shape index (κ2) is 4.70. The normalized spacial score (nSPS) is 10.6. The highest BCUT2D eigenvalue weighted by Crippen LogP contribution is 2.34. The second-order valence-electron chi connectivity index (χ2n) is 3.34. The molecule has 0 radical (unpaired) electrons.